The third kappa shape index (κ3) is 4.90. The highest BCUT2D eigenvalue weighted by molar-refractivity contribution is 7.80. The molecule has 0 fully saturated rings. The van der Waals surface area contributed by atoms with E-state index in [-0.39, 0.29) is 12.5 Å². The van der Waals surface area contributed by atoms with Crippen molar-refractivity contribution in [3.63, 3.8) is 0 Å². The Kier molecular flexibility index (Phi) is 6.38. The average Bonchev–Trinajstić information content (AvgIpc) is 2.47. The van der Waals surface area contributed by atoms with E-state index in [1.165, 1.54) is 6.92 Å². The van der Waals surface area contributed by atoms with E-state index in [2.05, 4.69) is 22.7 Å². The number of amides is 2. The normalized spacial score (nSPS) is 11.1. The molecule has 1 rings (SSSR count). The third-order valence-corrected chi connectivity index (χ3v) is 3.03. The van der Waals surface area contributed by atoms with Crippen LogP contribution in [0.3, 0.4) is 0 Å². The van der Waals surface area contributed by atoms with Crippen molar-refractivity contribution in [2.45, 2.75) is 19.6 Å². The largest absolute Gasteiger partial charge is 0.445 e. The van der Waals surface area contributed by atoms with Gasteiger partial charge in [-0.15, -0.1) is 0 Å². The number of primary amides is 1. The molecule has 2 N–H and O–H groups in total. The SMILES string of the molecule is C[C@@H](C(N)=O)N(CS)C(=O)OCc1ccc(N=[N+]=[N-])cc1. The fourth-order valence-corrected chi connectivity index (χ4v) is 1.79. The Morgan fingerprint density at radius 2 is 2.10 bits per heavy atom. The van der Waals surface area contributed by atoms with Gasteiger partial charge in [-0.25, -0.2) is 4.79 Å². The molecule has 0 radical (unpaired) electrons. The van der Waals surface area contributed by atoms with Crippen molar-refractivity contribution in [1.82, 2.24) is 4.90 Å². The van der Waals surface area contributed by atoms with Gasteiger partial charge in [0.15, 0.2) is 0 Å². The molecule has 0 aliphatic rings. The van der Waals surface area contributed by atoms with Crippen LogP contribution >= 0.6 is 12.6 Å². The molecule has 9 heteroatoms. The maximum absolute atomic E-state index is 11.8. The molecule has 0 unspecified atom stereocenters. The number of hydrogen-bond donors (Lipinski definition) is 2. The van der Waals surface area contributed by atoms with Gasteiger partial charge in [-0.1, -0.05) is 29.4 Å². The smallest absolute Gasteiger partial charge is 0.411 e. The van der Waals surface area contributed by atoms with E-state index < -0.39 is 18.0 Å². The first-order chi connectivity index (χ1) is 9.99. The second-order valence-corrected chi connectivity index (χ2v) is 4.38. The van der Waals surface area contributed by atoms with Gasteiger partial charge in [0.2, 0.25) is 5.91 Å². The summed E-state index contributed by atoms with van der Waals surface area (Å²) in [6, 6.07) is 5.73. The van der Waals surface area contributed by atoms with Crippen LogP contribution in [0.25, 0.3) is 10.4 Å². The first kappa shape index (κ1) is 16.7. The number of benzene rings is 1. The summed E-state index contributed by atoms with van der Waals surface area (Å²) in [6.07, 6.45) is -0.685. The van der Waals surface area contributed by atoms with Crippen LogP contribution in [-0.2, 0) is 16.1 Å². The van der Waals surface area contributed by atoms with E-state index in [4.69, 9.17) is 16.0 Å². The summed E-state index contributed by atoms with van der Waals surface area (Å²) >= 11 is 3.98. The van der Waals surface area contributed by atoms with Gasteiger partial charge < -0.3 is 10.5 Å². The van der Waals surface area contributed by atoms with Gasteiger partial charge in [-0.05, 0) is 18.0 Å². The molecule has 1 aromatic rings. The Bertz CT molecular complexity index is 557. The van der Waals surface area contributed by atoms with Crippen molar-refractivity contribution in [2.75, 3.05) is 5.88 Å². The van der Waals surface area contributed by atoms with Crippen molar-refractivity contribution < 1.29 is 14.3 Å². The number of azide groups is 1. The molecule has 0 aromatic heterocycles. The number of hydrogen-bond acceptors (Lipinski definition) is 5. The molecule has 0 spiro atoms. The fourth-order valence-electron chi connectivity index (χ4n) is 1.43. The Morgan fingerprint density at radius 3 is 2.57 bits per heavy atom. The van der Waals surface area contributed by atoms with Gasteiger partial charge in [0.05, 0.1) is 5.88 Å². The van der Waals surface area contributed by atoms with Crippen molar-refractivity contribution in [3.8, 4) is 0 Å². The zero-order chi connectivity index (χ0) is 15.8. The molecular weight excluding hydrogens is 294 g/mol. The summed E-state index contributed by atoms with van der Waals surface area (Å²) in [5.41, 5.74) is 14.6. The molecule has 112 valence electrons. The number of rotatable bonds is 6. The van der Waals surface area contributed by atoms with E-state index in [0.717, 1.165) is 4.90 Å². The standard InChI is InChI=1S/C12H15N5O3S/c1-8(11(13)18)17(7-21)12(19)20-6-9-2-4-10(5-3-9)15-16-14/h2-5,8,21H,6-7H2,1H3,(H2,13,18)/t8-/m0/s1. The number of carbonyl (C=O) groups excluding carboxylic acids is 2. The third-order valence-electron chi connectivity index (χ3n) is 2.72. The molecule has 2 amide bonds. The van der Waals surface area contributed by atoms with Crippen LogP contribution in [0.1, 0.15) is 12.5 Å². The predicted molar refractivity (Wildman–Crippen MR) is 79.8 cm³/mol. The minimum absolute atomic E-state index is 0.0127. The molecule has 0 saturated carbocycles. The van der Waals surface area contributed by atoms with Crippen LogP contribution in [0.4, 0.5) is 10.5 Å². The highest BCUT2D eigenvalue weighted by atomic mass is 32.1. The van der Waals surface area contributed by atoms with Gasteiger partial charge in [0.1, 0.15) is 12.6 Å². The maximum Gasteiger partial charge on any atom is 0.411 e. The average molecular weight is 309 g/mol. The Hall–Kier alpha value is -2.38. The van der Waals surface area contributed by atoms with E-state index in [1.807, 2.05) is 0 Å². The molecule has 0 bridgehead atoms. The summed E-state index contributed by atoms with van der Waals surface area (Å²) < 4.78 is 5.08. The van der Waals surface area contributed by atoms with E-state index in [1.54, 1.807) is 24.3 Å². The maximum atomic E-state index is 11.8. The number of nitrogens with zero attached hydrogens (tertiary/aromatic N) is 4. The van der Waals surface area contributed by atoms with Crippen molar-refractivity contribution in [1.29, 1.82) is 0 Å². The molecule has 0 heterocycles. The second-order valence-electron chi connectivity index (χ2n) is 4.10. The molecule has 0 saturated heterocycles. The molecule has 0 aliphatic heterocycles. The lowest BCUT2D eigenvalue weighted by molar-refractivity contribution is -0.122. The summed E-state index contributed by atoms with van der Waals surface area (Å²) in [7, 11) is 0. The summed E-state index contributed by atoms with van der Waals surface area (Å²) in [4.78, 5) is 26.7. The quantitative estimate of drug-likeness (QED) is 0.276. The van der Waals surface area contributed by atoms with E-state index >= 15 is 0 Å². The zero-order valence-electron chi connectivity index (χ0n) is 11.3. The summed E-state index contributed by atoms with van der Waals surface area (Å²) in [5.74, 6) is -0.626. The summed E-state index contributed by atoms with van der Waals surface area (Å²) in [5, 5.41) is 3.43. The van der Waals surface area contributed by atoms with E-state index in [9.17, 15) is 9.59 Å². The minimum atomic E-state index is -0.803. The zero-order valence-corrected chi connectivity index (χ0v) is 12.2. The topological polar surface area (TPSA) is 121 Å². The Morgan fingerprint density at radius 1 is 1.48 bits per heavy atom. The van der Waals surface area contributed by atoms with Crippen LogP contribution in [0, 0.1) is 0 Å². The molecule has 0 aliphatic carbocycles. The van der Waals surface area contributed by atoms with Gasteiger partial charge >= 0.3 is 6.09 Å². The van der Waals surface area contributed by atoms with Crippen molar-refractivity contribution >= 4 is 30.3 Å². The molecule has 21 heavy (non-hydrogen) atoms. The highest BCUT2D eigenvalue weighted by Crippen LogP contribution is 2.14. The van der Waals surface area contributed by atoms with Gasteiger partial charge in [0, 0.05) is 10.6 Å². The second kappa shape index (κ2) is 8.03. The van der Waals surface area contributed by atoms with E-state index in [0.29, 0.717) is 11.3 Å². The predicted octanol–water partition coefficient (Wildman–Crippen LogP) is 2.33. The lowest BCUT2D eigenvalue weighted by Crippen LogP contribution is -2.45. The van der Waals surface area contributed by atoms with Crippen LogP contribution < -0.4 is 5.73 Å². The van der Waals surface area contributed by atoms with Crippen LogP contribution in [0.5, 0.6) is 0 Å². The first-order valence-corrected chi connectivity index (χ1v) is 6.60. The molecule has 1 atom stereocenters. The highest BCUT2D eigenvalue weighted by Gasteiger charge is 2.24. The number of thiol groups is 1. The van der Waals surface area contributed by atoms with Gasteiger partial charge in [0.25, 0.3) is 0 Å². The van der Waals surface area contributed by atoms with Crippen LogP contribution in [-0.4, -0.2) is 28.8 Å². The molecular formula is C12H15N5O3S. The first-order valence-electron chi connectivity index (χ1n) is 5.97. The fraction of sp³-hybridized carbons (Fsp3) is 0.333. The number of ether oxygens (including phenoxy) is 1. The number of carbonyl (C=O) groups is 2. The Labute approximate surface area is 126 Å². The van der Waals surface area contributed by atoms with Crippen LogP contribution in [0.2, 0.25) is 0 Å². The van der Waals surface area contributed by atoms with Crippen molar-refractivity contribution in [3.05, 3.63) is 40.3 Å². The number of nitrogens with two attached hydrogens (primary N) is 1. The monoisotopic (exact) mass is 309 g/mol. The van der Waals surface area contributed by atoms with Gasteiger partial charge in [-0.2, -0.15) is 12.6 Å². The molecule has 1 aromatic carbocycles. The van der Waals surface area contributed by atoms with Gasteiger partial charge in [-0.3, -0.25) is 9.69 Å². The van der Waals surface area contributed by atoms with Crippen LogP contribution in [0.15, 0.2) is 29.4 Å². The molecule has 8 nitrogen and oxygen atoms in total. The lowest BCUT2D eigenvalue weighted by atomic mass is 10.2. The minimum Gasteiger partial charge on any atom is -0.445 e. The lowest BCUT2D eigenvalue weighted by Gasteiger charge is -2.24. The summed E-state index contributed by atoms with van der Waals surface area (Å²) in [6.45, 7) is 1.51. The van der Waals surface area contributed by atoms with Crippen molar-refractivity contribution in [2.24, 2.45) is 10.8 Å². The Balaban J connectivity index is 2.62.